The largest absolute Gasteiger partial charge is 0.335 e. The molecule has 4 atom stereocenters. The van der Waals surface area contributed by atoms with Gasteiger partial charge in [-0.25, -0.2) is 0 Å². The van der Waals surface area contributed by atoms with E-state index in [1.165, 1.54) is 96.9 Å². The number of benzene rings is 7. The first kappa shape index (κ1) is 33.9. The third-order valence-corrected chi connectivity index (χ3v) is 16.6. The number of anilines is 7. The molecule has 0 spiro atoms. The number of fused-ring (bicyclic) bond motifs is 12. The average Bonchev–Trinajstić information content (AvgIpc) is 3.66. The van der Waals surface area contributed by atoms with E-state index in [0.717, 1.165) is 25.7 Å². The van der Waals surface area contributed by atoms with E-state index in [1.807, 2.05) is 0 Å². The Labute approximate surface area is 349 Å². The second-order valence-electron chi connectivity index (χ2n) is 18.8. The van der Waals surface area contributed by atoms with E-state index in [4.69, 9.17) is 0 Å². The van der Waals surface area contributed by atoms with Gasteiger partial charge in [-0.05, 0) is 120 Å². The zero-order chi connectivity index (χ0) is 39.3. The normalized spacial score (nSPS) is 26.3. The van der Waals surface area contributed by atoms with Crippen molar-refractivity contribution < 1.29 is 0 Å². The molecule has 0 radical (unpaired) electrons. The van der Waals surface area contributed by atoms with Crippen LogP contribution >= 0.6 is 0 Å². The van der Waals surface area contributed by atoms with E-state index in [1.54, 1.807) is 0 Å². The van der Waals surface area contributed by atoms with Crippen LogP contribution in [0.4, 0.5) is 39.8 Å². The molecule has 0 N–H and O–H groups in total. The molecule has 13 rings (SSSR count). The van der Waals surface area contributed by atoms with Crippen LogP contribution in [0.25, 0.3) is 0 Å². The van der Waals surface area contributed by atoms with Crippen LogP contribution in [0.2, 0.25) is 0 Å². The molecule has 3 nitrogen and oxygen atoms in total. The Kier molecular flexibility index (Phi) is 6.67. The van der Waals surface area contributed by atoms with Crippen LogP contribution in [-0.2, 0) is 22.8 Å². The highest BCUT2D eigenvalue weighted by molar-refractivity contribution is 7.00. The number of hydrogen-bond acceptors (Lipinski definition) is 3. The number of para-hydroxylation sites is 4. The summed E-state index contributed by atoms with van der Waals surface area (Å²) in [5.41, 5.74) is 20.1. The van der Waals surface area contributed by atoms with E-state index < -0.39 is 0 Å². The molecule has 0 bridgehead atoms. The number of hydrogen-bond donors (Lipinski definition) is 0. The summed E-state index contributed by atoms with van der Waals surface area (Å²) in [5, 5.41) is 0. The van der Waals surface area contributed by atoms with Crippen LogP contribution in [0.5, 0.6) is 0 Å². The number of rotatable bonds is 3. The maximum Gasteiger partial charge on any atom is 0.252 e. The summed E-state index contributed by atoms with van der Waals surface area (Å²) in [6, 6.07) is 63.2. The average molecular weight is 762 g/mol. The van der Waals surface area contributed by atoms with E-state index in [2.05, 4.69) is 199 Å². The van der Waals surface area contributed by atoms with Gasteiger partial charge in [0.2, 0.25) is 0 Å². The van der Waals surface area contributed by atoms with Crippen molar-refractivity contribution in [3.8, 4) is 0 Å². The van der Waals surface area contributed by atoms with E-state index in [9.17, 15) is 0 Å². The molecule has 2 aliphatic carbocycles. The molecule has 4 aliphatic heterocycles. The first-order valence-corrected chi connectivity index (χ1v) is 22.0. The molecule has 0 aromatic heterocycles. The van der Waals surface area contributed by atoms with Crippen LogP contribution in [0.1, 0.15) is 80.7 Å². The number of aryl methyl sites for hydroxylation is 1. The third kappa shape index (κ3) is 3.93. The highest BCUT2D eigenvalue weighted by Gasteiger charge is 2.65. The summed E-state index contributed by atoms with van der Waals surface area (Å²) < 4.78 is 0. The summed E-state index contributed by atoms with van der Waals surface area (Å²) in [4.78, 5) is 8.27. The molecule has 1 fully saturated rings. The summed E-state index contributed by atoms with van der Waals surface area (Å²) in [5.74, 6) is 0. The van der Waals surface area contributed by atoms with Crippen molar-refractivity contribution in [3.05, 3.63) is 192 Å². The number of nitrogens with zero attached hydrogens (tertiary/aromatic N) is 3. The Morgan fingerprint density at radius 3 is 1.97 bits per heavy atom. The van der Waals surface area contributed by atoms with Gasteiger partial charge in [0.1, 0.15) is 0 Å². The molecule has 7 aromatic carbocycles. The first-order chi connectivity index (χ1) is 28.9. The molecular formula is C55H48BN3. The lowest BCUT2D eigenvalue weighted by Gasteiger charge is -2.55. The van der Waals surface area contributed by atoms with Gasteiger partial charge in [0.15, 0.2) is 0 Å². The van der Waals surface area contributed by atoms with Crippen molar-refractivity contribution in [3.63, 3.8) is 0 Å². The zero-order valence-corrected chi connectivity index (χ0v) is 34.3. The van der Waals surface area contributed by atoms with Gasteiger partial charge < -0.3 is 14.7 Å². The van der Waals surface area contributed by atoms with Crippen molar-refractivity contribution in [2.24, 2.45) is 0 Å². The Bertz CT molecular complexity index is 2890. The topological polar surface area (TPSA) is 9.72 Å². The Morgan fingerprint density at radius 1 is 0.492 bits per heavy atom. The lowest BCUT2D eigenvalue weighted by Crippen LogP contribution is -2.65. The molecule has 7 aromatic rings. The quantitative estimate of drug-likeness (QED) is 0.166. The summed E-state index contributed by atoms with van der Waals surface area (Å²) >= 11 is 0. The van der Waals surface area contributed by atoms with Crippen LogP contribution in [-0.4, -0.2) is 12.3 Å². The van der Waals surface area contributed by atoms with Crippen LogP contribution in [0.15, 0.2) is 164 Å². The molecule has 0 amide bonds. The van der Waals surface area contributed by atoms with Gasteiger partial charge in [-0.3, -0.25) is 0 Å². The summed E-state index contributed by atoms with van der Waals surface area (Å²) in [6.45, 7) is 7.83. The van der Waals surface area contributed by atoms with Crippen molar-refractivity contribution in [2.45, 2.75) is 81.2 Å². The van der Waals surface area contributed by atoms with Crippen molar-refractivity contribution in [1.29, 1.82) is 0 Å². The van der Waals surface area contributed by atoms with Crippen molar-refractivity contribution >= 4 is 62.9 Å². The predicted molar refractivity (Wildman–Crippen MR) is 247 cm³/mol. The van der Waals surface area contributed by atoms with Crippen molar-refractivity contribution in [1.82, 2.24) is 0 Å². The summed E-state index contributed by atoms with van der Waals surface area (Å²) in [7, 11) is 0. The fourth-order valence-electron chi connectivity index (χ4n) is 13.9. The molecule has 4 heteroatoms. The lowest BCUT2D eigenvalue weighted by atomic mass is 9.33. The Morgan fingerprint density at radius 2 is 1.14 bits per heavy atom. The fraction of sp³-hybridized carbons (Fsp3) is 0.236. The van der Waals surface area contributed by atoms with Gasteiger partial charge in [-0.2, -0.15) is 0 Å². The predicted octanol–water partition coefficient (Wildman–Crippen LogP) is 11.3. The van der Waals surface area contributed by atoms with Gasteiger partial charge in [0.05, 0.1) is 11.1 Å². The van der Waals surface area contributed by atoms with Crippen LogP contribution in [0.3, 0.4) is 0 Å². The molecule has 1 saturated carbocycles. The maximum absolute atomic E-state index is 2.90. The van der Waals surface area contributed by atoms with Gasteiger partial charge in [-0.15, -0.1) is 0 Å². The second kappa shape index (κ2) is 11.6. The molecule has 59 heavy (non-hydrogen) atoms. The maximum atomic E-state index is 2.90. The van der Waals surface area contributed by atoms with E-state index in [-0.39, 0.29) is 28.6 Å². The highest BCUT2D eigenvalue weighted by Crippen LogP contribution is 2.67. The summed E-state index contributed by atoms with van der Waals surface area (Å²) in [6.07, 6.45) is 6.93. The Balaban J connectivity index is 1.17. The SMILES string of the molecule is CC12CCc3ccccc3C1(C)N(c1cc3c4c(c1)N1c5c(cccc5C5(c6ccccc6)CCCCC15C)B4c1ccccc1N3c1ccccc1)c1ccccc12. The minimum absolute atomic E-state index is 0.0788. The molecule has 4 heterocycles. The molecule has 6 aliphatic rings. The third-order valence-electron chi connectivity index (χ3n) is 16.6. The van der Waals surface area contributed by atoms with Crippen molar-refractivity contribution in [2.75, 3.05) is 14.7 Å². The van der Waals surface area contributed by atoms with Gasteiger partial charge in [0, 0.05) is 50.6 Å². The zero-order valence-electron chi connectivity index (χ0n) is 34.3. The standard InChI is InChI=1S/C55H48BN3/c1-52-34-31-37-19-10-11-24-41(37)54(52,3)58(46-29-14-12-25-42(46)52)40-35-48-50-49(36-40)59-51-43(55(38-20-6-4-7-21-38)33-17-16-32-53(55,59)2)26-18-28-45(51)56(50)44-27-13-15-30-47(44)57(48)39-22-8-5-9-23-39/h4-15,18-30,35-36H,16-17,31-34H2,1-3H3. The monoisotopic (exact) mass is 761 g/mol. The Hall–Kier alpha value is -6.00. The van der Waals surface area contributed by atoms with Crippen LogP contribution < -0.4 is 31.1 Å². The highest BCUT2D eigenvalue weighted by atomic mass is 15.3. The smallest absolute Gasteiger partial charge is 0.252 e. The van der Waals surface area contributed by atoms with Gasteiger partial charge in [-0.1, -0.05) is 147 Å². The second-order valence-corrected chi connectivity index (χ2v) is 18.8. The fourth-order valence-corrected chi connectivity index (χ4v) is 13.9. The van der Waals surface area contributed by atoms with E-state index >= 15 is 0 Å². The first-order valence-electron chi connectivity index (χ1n) is 22.0. The molecule has 286 valence electrons. The molecule has 0 saturated heterocycles. The van der Waals surface area contributed by atoms with E-state index in [0.29, 0.717) is 0 Å². The molecular weight excluding hydrogens is 713 g/mol. The van der Waals surface area contributed by atoms with Gasteiger partial charge >= 0.3 is 0 Å². The lowest BCUT2D eigenvalue weighted by molar-refractivity contribution is 0.215. The van der Waals surface area contributed by atoms with Gasteiger partial charge in [0.25, 0.3) is 6.71 Å². The molecule has 4 unspecified atom stereocenters. The minimum atomic E-state index is -0.304. The minimum Gasteiger partial charge on any atom is -0.335 e. The van der Waals surface area contributed by atoms with Crippen LogP contribution in [0, 0.1) is 0 Å².